The van der Waals surface area contributed by atoms with Gasteiger partial charge in [-0.05, 0) is 42.0 Å². The average Bonchev–Trinajstić information content (AvgIpc) is 3.15. The van der Waals surface area contributed by atoms with Crippen molar-refractivity contribution in [2.75, 3.05) is 7.11 Å². The quantitative estimate of drug-likeness (QED) is 0.525. The van der Waals surface area contributed by atoms with E-state index in [1.165, 1.54) is 12.1 Å². The Morgan fingerprint density at radius 1 is 1.07 bits per heavy atom. The van der Waals surface area contributed by atoms with E-state index in [2.05, 4.69) is 5.32 Å². The highest BCUT2D eigenvalue weighted by molar-refractivity contribution is 6.32. The van der Waals surface area contributed by atoms with Crippen LogP contribution in [0.3, 0.4) is 0 Å². The monoisotopic (exact) mass is 409 g/mol. The number of rotatable bonds is 8. The molecule has 2 aromatic carbocycles. The minimum atomic E-state index is -0.397. The molecule has 0 radical (unpaired) electrons. The number of hydrogen-bond donors (Lipinski definition) is 1. The molecule has 1 aromatic heterocycles. The van der Waals surface area contributed by atoms with Crippen LogP contribution in [0.15, 0.2) is 53.1 Å². The lowest BCUT2D eigenvalue weighted by Gasteiger charge is -2.15. The number of ether oxygens (including phenoxy) is 2. The van der Waals surface area contributed by atoms with Gasteiger partial charge in [0.25, 0.3) is 0 Å². The molecule has 0 saturated heterocycles. The van der Waals surface area contributed by atoms with Crippen LogP contribution in [0.4, 0.5) is 4.39 Å². The molecule has 4 nitrogen and oxygen atoms in total. The third kappa shape index (κ3) is 5.16. The van der Waals surface area contributed by atoms with Crippen molar-refractivity contribution >= 4 is 23.2 Å². The van der Waals surface area contributed by atoms with Crippen molar-refractivity contribution in [1.82, 2.24) is 5.32 Å². The van der Waals surface area contributed by atoms with E-state index in [9.17, 15) is 4.39 Å². The van der Waals surface area contributed by atoms with E-state index in [-0.39, 0.29) is 6.61 Å². The zero-order valence-electron chi connectivity index (χ0n) is 14.6. The van der Waals surface area contributed by atoms with Crippen molar-refractivity contribution in [3.63, 3.8) is 0 Å². The van der Waals surface area contributed by atoms with Gasteiger partial charge >= 0.3 is 0 Å². The topological polar surface area (TPSA) is 43.6 Å². The minimum absolute atomic E-state index is 0.144. The molecule has 0 fully saturated rings. The average molecular weight is 410 g/mol. The molecular formula is C20H18Cl2FNO3. The number of nitrogens with one attached hydrogen (secondary N) is 1. The van der Waals surface area contributed by atoms with E-state index in [4.69, 9.17) is 37.1 Å². The fraction of sp³-hybridized carbons (Fsp3) is 0.200. The number of hydrogen-bond acceptors (Lipinski definition) is 4. The van der Waals surface area contributed by atoms with Crippen LogP contribution in [0.5, 0.6) is 11.5 Å². The summed E-state index contributed by atoms with van der Waals surface area (Å²) in [7, 11) is 1.55. The Kier molecular flexibility index (Phi) is 6.61. The van der Waals surface area contributed by atoms with Gasteiger partial charge in [0.05, 0.1) is 30.0 Å². The Balaban J connectivity index is 1.67. The van der Waals surface area contributed by atoms with Gasteiger partial charge in [0, 0.05) is 12.1 Å². The third-order valence-electron chi connectivity index (χ3n) is 3.88. The Morgan fingerprint density at radius 2 is 1.93 bits per heavy atom. The summed E-state index contributed by atoms with van der Waals surface area (Å²) in [6.45, 7) is 1.33. The summed E-state index contributed by atoms with van der Waals surface area (Å²) in [6, 6.07) is 11.5. The summed E-state index contributed by atoms with van der Waals surface area (Å²) >= 11 is 12.4. The second kappa shape index (κ2) is 9.13. The lowest BCUT2D eigenvalue weighted by atomic mass is 10.2. The molecule has 0 aliphatic heterocycles. The molecular weight excluding hydrogens is 392 g/mol. The van der Waals surface area contributed by atoms with Gasteiger partial charge < -0.3 is 19.2 Å². The van der Waals surface area contributed by atoms with Crippen LogP contribution in [-0.4, -0.2) is 7.11 Å². The molecule has 1 heterocycles. The van der Waals surface area contributed by atoms with Crippen LogP contribution in [0.1, 0.15) is 16.9 Å². The van der Waals surface area contributed by atoms with Crippen LogP contribution in [0.25, 0.3) is 0 Å². The number of benzene rings is 2. The third-order valence-corrected chi connectivity index (χ3v) is 4.52. The normalized spacial score (nSPS) is 10.8. The molecule has 7 heteroatoms. The maximum atomic E-state index is 13.2. The molecule has 0 aliphatic carbocycles. The van der Waals surface area contributed by atoms with Gasteiger partial charge in [-0.15, -0.1) is 0 Å². The highest BCUT2D eigenvalue weighted by Gasteiger charge is 2.13. The number of halogens is 3. The molecule has 0 saturated carbocycles. The summed E-state index contributed by atoms with van der Waals surface area (Å²) in [5.74, 6) is 1.37. The van der Waals surface area contributed by atoms with Gasteiger partial charge in [-0.25, -0.2) is 4.39 Å². The zero-order chi connectivity index (χ0) is 19.2. The first-order chi connectivity index (χ1) is 13.1. The summed E-state index contributed by atoms with van der Waals surface area (Å²) in [6.07, 6.45) is 1.64. The second-order valence-corrected chi connectivity index (χ2v) is 6.63. The Labute approximate surface area is 166 Å². The van der Waals surface area contributed by atoms with Gasteiger partial charge in [-0.1, -0.05) is 29.3 Å². The first-order valence-electron chi connectivity index (χ1n) is 8.23. The number of furan rings is 1. The van der Waals surface area contributed by atoms with Crippen LogP contribution in [0, 0.1) is 5.82 Å². The van der Waals surface area contributed by atoms with Crippen LogP contribution < -0.4 is 14.8 Å². The standard InChI is InChI=1S/C20H18Cl2FNO3/c1-25-19-8-13(10-24-11-16-3-2-6-26-16)7-18(22)20(19)27-12-14-4-5-15(23)9-17(14)21/h2-9,24H,10-12H2,1H3. The summed E-state index contributed by atoms with van der Waals surface area (Å²) in [5, 5.41) is 3.99. The molecule has 0 unspecified atom stereocenters. The lowest BCUT2D eigenvalue weighted by Crippen LogP contribution is -2.12. The Hall–Kier alpha value is -2.21. The maximum absolute atomic E-state index is 13.2. The first-order valence-corrected chi connectivity index (χ1v) is 8.98. The zero-order valence-corrected chi connectivity index (χ0v) is 16.1. The largest absolute Gasteiger partial charge is 0.493 e. The van der Waals surface area contributed by atoms with E-state index in [0.717, 1.165) is 11.3 Å². The first kappa shape index (κ1) is 19.5. The molecule has 1 N–H and O–H groups in total. The van der Waals surface area contributed by atoms with E-state index < -0.39 is 5.82 Å². The molecule has 27 heavy (non-hydrogen) atoms. The van der Waals surface area contributed by atoms with E-state index in [1.54, 1.807) is 25.5 Å². The number of methoxy groups -OCH3 is 1. The fourth-order valence-electron chi connectivity index (χ4n) is 2.55. The van der Waals surface area contributed by atoms with Gasteiger partial charge in [-0.3, -0.25) is 0 Å². The van der Waals surface area contributed by atoms with Crippen molar-refractivity contribution in [2.24, 2.45) is 0 Å². The summed E-state index contributed by atoms with van der Waals surface area (Å²) in [5.41, 5.74) is 1.59. The van der Waals surface area contributed by atoms with Gasteiger partial charge in [0.15, 0.2) is 11.5 Å². The predicted octanol–water partition coefficient (Wildman–Crippen LogP) is 5.60. The van der Waals surface area contributed by atoms with Crippen molar-refractivity contribution in [3.05, 3.63) is 81.5 Å². The lowest BCUT2D eigenvalue weighted by molar-refractivity contribution is 0.284. The van der Waals surface area contributed by atoms with E-state index >= 15 is 0 Å². The summed E-state index contributed by atoms with van der Waals surface area (Å²) < 4.78 is 29.6. The van der Waals surface area contributed by atoms with E-state index in [1.807, 2.05) is 18.2 Å². The Bertz CT molecular complexity index is 900. The van der Waals surface area contributed by atoms with Gasteiger partial charge in [-0.2, -0.15) is 0 Å². The molecule has 3 aromatic rings. The highest BCUT2D eigenvalue weighted by atomic mass is 35.5. The molecule has 3 rings (SSSR count). The van der Waals surface area contributed by atoms with Crippen molar-refractivity contribution in [2.45, 2.75) is 19.7 Å². The van der Waals surface area contributed by atoms with Crippen LogP contribution in [-0.2, 0) is 19.7 Å². The molecule has 0 spiro atoms. The summed E-state index contributed by atoms with van der Waals surface area (Å²) in [4.78, 5) is 0. The molecule has 142 valence electrons. The molecule has 0 bridgehead atoms. The van der Waals surface area contributed by atoms with Crippen molar-refractivity contribution < 1.29 is 18.3 Å². The molecule has 0 amide bonds. The van der Waals surface area contributed by atoms with Crippen molar-refractivity contribution in [1.29, 1.82) is 0 Å². The van der Waals surface area contributed by atoms with Gasteiger partial charge in [0.2, 0.25) is 0 Å². The molecule has 0 atom stereocenters. The Morgan fingerprint density at radius 3 is 2.63 bits per heavy atom. The SMILES string of the molecule is COc1cc(CNCc2ccco2)cc(Cl)c1OCc1ccc(F)cc1Cl. The van der Waals surface area contributed by atoms with E-state index in [0.29, 0.717) is 40.2 Å². The van der Waals surface area contributed by atoms with Crippen LogP contribution in [0.2, 0.25) is 10.0 Å². The minimum Gasteiger partial charge on any atom is -0.493 e. The predicted molar refractivity (Wildman–Crippen MR) is 103 cm³/mol. The second-order valence-electron chi connectivity index (χ2n) is 5.82. The maximum Gasteiger partial charge on any atom is 0.180 e. The van der Waals surface area contributed by atoms with Gasteiger partial charge in [0.1, 0.15) is 18.2 Å². The smallest absolute Gasteiger partial charge is 0.180 e. The van der Waals surface area contributed by atoms with Crippen LogP contribution >= 0.6 is 23.2 Å². The molecule has 0 aliphatic rings. The fourth-order valence-corrected chi connectivity index (χ4v) is 3.06. The highest BCUT2D eigenvalue weighted by Crippen LogP contribution is 2.37. The van der Waals surface area contributed by atoms with Crippen molar-refractivity contribution in [3.8, 4) is 11.5 Å².